The first-order valence-electron chi connectivity index (χ1n) is 11.5. The van der Waals surface area contributed by atoms with Crippen molar-refractivity contribution in [3.63, 3.8) is 0 Å². The zero-order valence-electron chi connectivity index (χ0n) is 19.8. The van der Waals surface area contributed by atoms with Gasteiger partial charge < -0.3 is 10.6 Å². The van der Waals surface area contributed by atoms with E-state index >= 15 is 0 Å². The van der Waals surface area contributed by atoms with Gasteiger partial charge in [-0.15, -0.1) is 0 Å². The molecule has 5 aromatic rings. The molecule has 2 heterocycles. The summed E-state index contributed by atoms with van der Waals surface area (Å²) in [5.74, 6) is 0.574. The maximum atomic E-state index is 12.4. The molecule has 0 unspecified atom stereocenters. The molecular weight excluding hydrogens is 528 g/mol. The minimum atomic E-state index is -0.235. The van der Waals surface area contributed by atoms with E-state index in [1.165, 1.54) is 0 Å². The number of amides is 1. The molecule has 0 saturated carbocycles. The number of nitrogens with zero attached hydrogens (tertiary/aromatic N) is 3. The normalized spacial score (nSPS) is 11.0. The molecule has 0 atom stereocenters. The predicted molar refractivity (Wildman–Crippen MR) is 153 cm³/mol. The van der Waals surface area contributed by atoms with Crippen LogP contribution in [0.15, 0.2) is 79.0 Å². The van der Waals surface area contributed by atoms with Crippen LogP contribution in [-0.2, 0) is 13.1 Å². The summed E-state index contributed by atoms with van der Waals surface area (Å²) in [4.78, 5) is 17.2. The van der Waals surface area contributed by atoms with Crippen LogP contribution in [0.25, 0.3) is 16.9 Å². The highest BCUT2D eigenvalue weighted by Crippen LogP contribution is 2.28. The van der Waals surface area contributed by atoms with Gasteiger partial charge in [0, 0.05) is 51.5 Å². The van der Waals surface area contributed by atoms with Crippen LogP contribution in [0.2, 0.25) is 15.1 Å². The summed E-state index contributed by atoms with van der Waals surface area (Å²) in [7, 11) is 1.98. The summed E-state index contributed by atoms with van der Waals surface area (Å²) in [5, 5.41) is 12.3. The number of hydrogen-bond acceptors (Lipinski definition) is 4. The largest absolute Gasteiger partial charge is 0.366 e. The molecule has 2 N–H and O–H groups in total. The molecule has 2 aromatic heterocycles. The van der Waals surface area contributed by atoms with Gasteiger partial charge in [-0.1, -0.05) is 77.3 Å². The fourth-order valence-electron chi connectivity index (χ4n) is 3.94. The molecular formula is C27H21BCl3N5O. The average molecular weight is 549 g/mol. The van der Waals surface area contributed by atoms with Crippen molar-refractivity contribution in [2.24, 2.45) is 0 Å². The van der Waals surface area contributed by atoms with E-state index in [4.69, 9.17) is 39.8 Å². The van der Waals surface area contributed by atoms with Crippen LogP contribution in [0.3, 0.4) is 0 Å². The summed E-state index contributed by atoms with van der Waals surface area (Å²) in [5.41, 5.74) is 5.85. The number of fused-ring (bicyclic) bond motifs is 1. The van der Waals surface area contributed by atoms with Gasteiger partial charge in [0.1, 0.15) is 13.7 Å². The van der Waals surface area contributed by atoms with E-state index in [1.807, 2.05) is 62.4 Å². The average Bonchev–Trinajstić information content (AvgIpc) is 3.26. The van der Waals surface area contributed by atoms with Crippen molar-refractivity contribution < 1.29 is 4.79 Å². The lowest BCUT2D eigenvalue weighted by atomic mass is 10.0. The van der Waals surface area contributed by atoms with Crippen molar-refractivity contribution in [1.82, 2.24) is 19.9 Å². The summed E-state index contributed by atoms with van der Waals surface area (Å²) in [6.45, 7) is 0.961. The van der Waals surface area contributed by atoms with Crippen LogP contribution in [0.1, 0.15) is 21.5 Å². The number of aromatic nitrogens is 3. The first-order valence-corrected chi connectivity index (χ1v) is 12.7. The van der Waals surface area contributed by atoms with E-state index in [2.05, 4.69) is 15.7 Å². The molecule has 37 heavy (non-hydrogen) atoms. The SMILES string of the molecule is Bc1cnn2c(NCc3ccc(CNC(=O)c4cc(Cl)cc(Cl)c4)cc3)cc(-c3ccccc3Cl)nc12. The molecule has 0 spiro atoms. The Balaban J connectivity index is 1.28. The molecule has 0 radical (unpaired) electrons. The highest BCUT2D eigenvalue weighted by molar-refractivity contribution is 6.36. The highest BCUT2D eigenvalue weighted by atomic mass is 35.5. The van der Waals surface area contributed by atoms with Crippen molar-refractivity contribution in [3.05, 3.63) is 111 Å². The van der Waals surface area contributed by atoms with Gasteiger partial charge in [0.2, 0.25) is 0 Å². The summed E-state index contributed by atoms with van der Waals surface area (Å²) in [6, 6.07) is 22.4. The van der Waals surface area contributed by atoms with Gasteiger partial charge in [0.05, 0.1) is 5.69 Å². The zero-order valence-corrected chi connectivity index (χ0v) is 22.1. The van der Waals surface area contributed by atoms with Crippen molar-refractivity contribution in [2.75, 3.05) is 5.32 Å². The molecule has 5 rings (SSSR count). The molecule has 0 saturated heterocycles. The number of carbonyl (C=O) groups is 1. The standard InChI is InChI=1S/C27H21BCl3N5O/c28-22-15-34-36-25(12-24(35-26(22)36)21-3-1-2-4-23(21)31)32-13-16-5-7-17(8-6-16)14-33-27(37)18-9-19(29)11-20(30)10-18/h1-12,15,32H,13-14,28H2,(H,33,37). The van der Waals surface area contributed by atoms with Crippen LogP contribution in [0.4, 0.5) is 5.82 Å². The molecule has 3 aromatic carbocycles. The molecule has 0 aliphatic heterocycles. The molecule has 0 aliphatic carbocycles. The Labute approximate surface area is 230 Å². The third-order valence-corrected chi connectivity index (χ3v) is 6.64. The second-order valence-corrected chi connectivity index (χ2v) is 9.86. The lowest BCUT2D eigenvalue weighted by molar-refractivity contribution is 0.0951. The summed E-state index contributed by atoms with van der Waals surface area (Å²) in [6.07, 6.45) is 1.80. The first kappa shape index (κ1) is 25.1. The second-order valence-electron chi connectivity index (χ2n) is 8.58. The van der Waals surface area contributed by atoms with Crippen molar-refractivity contribution in [3.8, 4) is 11.3 Å². The van der Waals surface area contributed by atoms with Gasteiger partial charge in [0.15, 0.2) is 5.65 Å². The highest BCUT2D eigenvalue weighted by Gasteiger charge is 2.13. The van der Waals surface area contributed by atoms with E-state index in [-0.39, 0.29) is 5.91 Å². The Morgan fingerprint density at radius 1 is 0.892 bits per heavy atom. The number of rotatable bonds is 7. The maximum Gasteiger partial charge on any atom is 0.251 e. The van der Waals surface area contributed by atoms with Gasteiger partial charge in [-0.2, -0.15) is 9.61 Å². The monoisotopic (exact) mass is 547 g/mol. The zero-order chi connectivity index (χ0) is 25.9. The minimum Gasteiger partial charge on any atom is -0.366 e. The van der Waals surface area contributed by atoms with Gasteiger partial charge in [-0.3, -0.25) is 4.79 Å². The Hall–Kier alpha value is -3.52. The molecule has 0 aliphatic rings. The van der Waals surface area contributed by atoms with E-state index in [1.54, 1.807) is 28.9 Å². The predicted octanol–water partition coefficient (Wildman–Crippen LogP) is 5.16. The first-order chi connectivity index (χ1) is 17.9. The smallest absolute Gasteiger partial charge is 0.251 e. The van der Waals surface area contributed by atoms with E-state index in [9.17, 15) is 4.79 Å². The third-order valence-electron chi connectivity index (χ3n) is 5.87. The molecule has 1 amide bonds. The fraction of sp³-hybridized carbons (Fsp3) is 0.0741. The van der Waals surface area contributed by atoms with E-state index in [0.29, 0.717) is 33.7 Å². The summed E-state index contributed by atoms with van der Waals surface area (Å²) >= 11 is 18.4. The van der Waals surface area contributed by atoms with E-state index in [0.717, 1.165) is 39.3 Å². The Morgan fingerprint density at radius 2 is 1.57 bits per heavy atom. The topological polar surface area (TPSA) is 71.3 Å². The van der Waals surface area contributed by atoms with Crippen molar-refractivity contribution >= 4 is 65.5 Å². The number of benzene rings is 3. The van der Waals surface area contributed by atoms with Crippen LogP contribution in [0.5, 0.6) is 0 Å². The number of anilines is 1. The van der Waals surface area contributed by atoms with Crippen molar-refractivity contribution in [1.29, 1.82) is 0 Å². The van der Waals surface area contributed by atoms with Gasteiger partial charge >= 0.3 is 0 Å². The maximum absolute atomic E-state index is 12.4. The summed E-state index contributed by atoms with van der Waals surface area (Å²) < 4.78 is 1.79. The Morgan fingerprint density at radius 3 is 2.27 bits per heavy atom. The third kappa shape index (κ3) is 5.75. The lowest BCUT2D eigenvalue weighted by Gasteiger charge is -2.12. The van der Waals surface area contributed by atoms with Gasteiger partial charge in [0.25, 0.3) is 5.91 Å². The Kier molecular flexibility index (Phi) is 7.37. The Bertz CT molecular complexity index is 1580. The molecule has 184 valence electrons. The number of nitrogens with one attached hydrogen (secondary N) is 2. The molecule has 6 nitrogen and oxygen atoms in total. The minimum absolute atomic E-state index is 0.235. The van der Waals surface area contributed by atoms with Crippen LogP contribution < -0.4 is 16.1 Å². The fourth-order valence-corrected chi connectivity index (χ4v) is 4.70. The van der Waals surface area contributed by atoms with E-state index < -0.39 is 0 Å². The van der Waals surface area contributed by atoms with Gasteiger partial charge in [-0.05, 0) is 40.9 Å². The van der Waals surface area contributed by atoms with Crippen LogP contribution in [0, 0.1) is 0 Å². The van der Waals surface area contributed by atoms with Gasteiger partial charge in [-0.25, -0.2) is 4.98 Å². The molecule has 0 fully saturated rings. The molecule has 0 bridgehead atoms. The van der Waals surface area contributed by atoms with Crippen LogP contribution >= 0.6 is 34.8 Å². The van der Waals surface area contributed by atoms with Crippen molar-refractivity contribution in [2.45, 2.75) is 13.1 Å². The molecule has 10 heteroatoms. The lowest BCUT2D eigenvalue weighted by Crippen LogP contribution is -2.22. The van der Waals surface area contributed by atoms with Crippen LogP contribution in [-0.4, -0.2) is 28.4 Å². The number of carbonyl (C=O) groups excluding carboxylic acids is 1. The number of hydrogen-bond donors (Lipinski definition) is 2. The second kappa shape index (κ2) is 10.8. The quantitative estimate of drug-likeness (QED) is 0.276. The number of halogens is 3.